The highest BCUT2D eigenvalue weighted by Crippen LogP contribution is 2.29. The number of hydrogen-bond acceptors (Lipinski definition) is 3. The van der Waals surface area contributed by atoms with E-state index >= 15 is 0 Å². The van der Waals surface area contributed by atoms with E-state index in [9.17, 15) is 13.2 Å². The molecule has 0 aliphatic carbocycles. The number of halogens is 1. The third kappa shape index (κ3) is 5.47. The van der Waals surface area contributed by atoms with Crippen molar-refractivity contribution >= 4 is 38.9 Å². The van der Waals surface area contributed by atoms with Crippen molar-refractivity contribution in [2.24, 2.45) is 0 Å². The van der Waals surface area contributed by atoms with Gasteiger partial charge in [0.1, 0.15) is 0 Å². The molecule has 0 bridgehead atoms. The zero-order chi connectivity index (χ0) is 20.7. The van der Waals surface area contributed by atoms with Crippen LogP contribution < -0.4 is 14.9 Å². The SMILES string of the molecule is CC[C@H](C)[NH2+]CC(=O)Nc1cc(S(=O)(=O)N(CC)c2ccccc2)ccc1Cl. The predicted molar refractivity (Wildman–Crippen MR) is 113 cm³/mol. The molecule has 0 saturated heterocycles. The summed E-state index contributed by atoms with van der Waals surface area (Å²) in [6.45, 7) is 6.38. The number of nitrogens with zero attached hydrogens (tertiary/aromatic N) is 1. The van der Waals surface area contributed by atoms with Gasteiger partial charge in [-0.25, -0.2) is 8.42 Å². The molecule has 0 unspecified atom stereocenters. The molecule has 0 radical (unpaired) electrons. The van der Waals surface area contributed by atoms with E-state index in [2.05, 4.69) is 12.2 Å². The molecule has 0 fully saturated rings. The topological polar surface area (TPSA) is 83.1 Å². The Balaban J connectivity index is 2.26. The number of nitrogens with two attached hydrogens (primary N) is 1. The summed E-state index contributed by atoms with van der Waals surface area (Å²) >= 11 is 6.18. The number of rotatable bonds is 9. The molecule has 2 aromatic rings. The second kappa shape index (κ2) is 9.91. The fourth-order valence-electron chi connectivity index (χ4n) is 2.65. The molecule has 2 rings (SSSR count). The van der Waals surface area contributed by atoms with E-state index in [-0.39, 0.29) is 29.6 Å². The van der Waals surface area contributed by atoms with Crippen LogP contribution in [0.3, 0.4) is 0 Å². The minimum Gasteiger partial charge on any atom is -0.336 e. The largest absolute Gasteiger partial charge is 0.336 e. The van der Waals surface area contributed by atoms with E-state index in [0.717, 1.165) is 6.42 Å². The molecule has 3 N–H and O–H groups in total. The molecule has 0 saturated carbocycles. The van der Waals surface area contributed by atoms with Crippen LogP contribution >= 0.6 is 11.6 Å². The van der Waals surface area contributed by atoms with Crippen molar-refractivity contribution in [2.45, 2.75) is 38.1 Å². The lowest BCUT2D eigenvalue weighted by Crippen LogP contribution is -2.90. The summed E-state index contributed by atoms with van der Waals surface area (Å²) in [6.07, 6.45) is 0.952. The fraction of sp³-hybridized carbons (Fsp3) is 0.350. The van der Waals surface area contributed by atoms with Gasteiger partial charge >= 0.3 is 0 Å². The maximum absolute atomic E-state index is 13.1. The average molecular weight is 425 g/mol. The molecule has 1 atom stereocenters. The molecule has 0 spiro atoms. The van der Waals surface area contributed by atoms with E-state index in [1.807, 2.05) is 18.3 Å². The third-order valence-electron chi connectivity index (χ3n) is 4.48. The molecule has 8 heteroatoms. The van der Waals surface area contributed by atoms with E-state index in [1.165, 1.54) is 22.5 Å². The Bertz CT molecular complexity index is 904. The van der Waals surface area contributed by atoms with Gasteiger partial charge in [-0.2, -0.15) is 0 Å². The van der Waals surface area contributed by atoms with Crippen molar-refractivity contribution in [1.82, 2.24) is 0 Å². The van der Waals surface area contributed by atoms with Crippen LogP contribution in [0, 0.1) is 0 Å². The highest BCUT2D eigenvalue weighted by Gasteiger charge is 2.24. The number of hydrogen-bond donors (Lipinski definition) is 2. The van der Waals surface area contributed by atoms with Gasteiger partial charge in [0.05, 0.1) is 27.3 Å². The van der Waals surface area contributed by atoms with Crippen LogP contribution in [0.15, 0.2) is 53.4 Å². The lowest BCUT2D eigenvalue weighted by atomic mass is 10.2. The van der Waals surface area contributed by atoms with Gasteiger partial charge in [-0.1, -0.05) is 36.7 Å². The van der Waals surface area contributed by atoms with Gasteiger partial charge in [0.2, 0.25) is 0 Å². The summed E-state index contributed by atoms with van der Waals surface area (Å²) in [5.74, 6) is -0.229. The summed E-state index contributed by atoms with van der Waals surface area (Å²) in [5, 5.41) is 4.93. The number of quaternary nitrogens is 1. The van der Waals surface area contributed by atoms with E-state index < -0.39 is 10.0 Å². The van der Waals surface area contributed by atoms with Gasteiger partial charge in [-0.15, -0.1) is 0 Å². The van der Waals surface area contributed by atoms with Crippen molar-refractivity contribution in [2.75, 3.05) is 22.7 Å². The molecule has 1 amide bonds. The van der Waals surface area contributed by atoms with Crippen LogP contribution in [0.5, 0.6) is 0 Å². The zero-order valence-electron chi connectivity index (χ0n) is 16.4. The first kappa shape index (κ1) is 22.2. The molecule has 2 aromatic carbocycles. The van der Waals surface area contributed by atoms with Gasteiger partial charge in [0, 0.05) is 6.54 Å². The number of amides is 1. The van der Waals surface area contributed by atoms with Gasteiger partial charge in [0.15, 0.2) is 6.54 Å². The molecule has 6 nitrogen and oxygen atoms in total. The molecule has 152 valence electrons. The minimum absolute atomic E-state index is 0.0730. The van der Waals surface area contributed by atoms with Gasteiger partial charge < -0.3 is 10.6 Å². The van der Waals surface area contributed by atoms with Crippen molar-refractivity contribution in [1.29, 1.82) is 0 Å². The van der Waals surface area contributed by atoms with Crippen LogP contribution in [-0.4, -0.2) is 33.5 Å². The lowest BCUT2D eigenvalue weighted by molar-refractivity contribution is -0.675. The quantitative estimate of drug-likeness (QED) is 0.649. The van der Waals surface area contributed by atoms with Gasteiger partial charge in [0.25, 0.3) is 15.9 Å². The highest BCUT2D eigenvalue weighted by molar-refractivity contribution is 7.92. The first-order valence-electron chi connectivity index (χ1n) is 9.30. The number of para-hydroxylation sites is 1. The monoisotopic (exact) mass is 424 g/mol. The first-order chi connectivity index (χ1) is 13.3. The molecular weight excluding hydrogens is 398 g/mol. The van der Waals surface area contributed by atoms with Crippen LogP contribution in [0.1, 0.15) is 27.2 Å². The maximum Gasteiger partial charge on any atom is 0.279 e. The Hall–Kier alpha value is -2.09. The summed E-state index contributed by atoms with van der Waals surface area (Å²) in [5.41, 5.74) is 0.864. The van der Waals surface area contributed by atoms with Crippen molar-refractivity contribution < 1.29 is 18.5 Å². The summed E-state index contributed by atoms with van der Waals surface area (Å²) < 4.78 is 27.6. The first-order valence-corrected chi connectivity index (χ1v) is 11.1. The average Bonchev–Trinajstić information content (AvgIpc) is 2.68. The Kier molecular flexibility index (Phi) is 7.86. The normalized spacial score (nSPS) is 12.4. The molecule has 28 heavy (non-hydrogen) atoms. The van der Waals surface area contributed by atoms with Crippen molar-refractivity contribution in [3.63, 3.8) is 0 Å². The fourth-order valence-corrected chi connectivity index (χ4v) is 4.31. The predicted octanol–water partition coefficient (Wildman–Crippen LogP) is 2.86. The van der Waals surface area contributed by atoms with Crippen molar-refractivity contribution in [3.8, 4) is 0 Å². The number of carbonyl (C=O) groups excluding carboxylic acids is 1. The number of sulfonamides is 1. The molecule has 0 heterocycles. The van der Waals surface area contributed by atoms with Crippen LogP contribution in [0.25, 0.3) is 0 Å². The highest BCUT2D eigenvalue weighted by atomic mass is 35.5. The molecule has 0 aromatic heterocycles. The Morgan fingerprint density at radius 3 is 2.46 bits per heavy atom. The molecule has 0 aliphatic heterocycles. The Labute approximate surface area is 171 Å². The number of anilines is 2. The molecular formula is C20H27ClN3O3S+. The maximum atomic E-state index is 13.1. The molecule has 0 aliphatic rings. The standard InChI is InChI=1S/C20H26ClN3O3S/c1-4-15(3)22-14-20(25)23-19-13-17(11-12-18(19)21)28(26,27)24(5-2)16-9-7-6-8-10-16/h6-13,15,22H,4-5,14H2,1-3H3,(H,23,25)/p+1/t15-/m0/s1. The van der Waals surface area contributed by atoms with Crippen LogP contribution in [0.2, 0.25) is 5.02 Å². The summed E-state index contributed by atoms with van der Waals surface area (Å²) in [7, 11) is -3.79. The minimum atomic E-state index is -3.79. The number of benzene rings is 2. The van der Waals surface area contributed by atoms with Crippen LogP contribution in [-0.2, 0) is 14.8 Å². The van der Waals surface area contributed by atoms with E-state index in [4.69, 9.17) is 11.6 Å². The van der Waals surface area contributed by atoms with Crippen molar-refractivity contribution in [3.05, 3.63) is 53.6 Å². The zero-order valence-corrected chi connectivity index (χ0v) is 17.9. The van der Waals surface area contributed by atoms with Gasteiger partial charge in [-0.05, 0) is 50.6 Å². The van der Waals surface area contributed by atoms with Gasteiger partial charge in [-0.3, -0.25) is 9.10 Å². The number of nitrogens with one attached hydrogen (secondary N) is 1. The summed E-state index contributed by atoms with van der Waals surface area (Å²) in [4.78, 5) is 12.3. The van der Waals surface area contributed by atoms with E-state index in [0.29, 0.717) is 16.8 Å². The number of carbonyl (C=O) groups is 1. The second-order valence-corrected chi connectivity index (χ2v) is 8.79. The second-order valence-electron chi connectivity index (χ2n) is 6.52. The van der Waals surface area contributed by atoms with E-state index in [1.54, 1.807) is 31.2 Å². The lowest BCUT2D eigenvalue weighted by Gasteiger charge is -2.23. The third-order valence-corrected chi connectivity index (χ3v) is 6.71. The van der Waals surface area contributed by atoms with Crippen LogP contribution in [0.4, 0.5) is 11.4 Å². The Morgan fingerprint density at radius 1 is 1.18 bits per heavy atom. The summed E-state index contributed by atoms with van der Waals surface area (Å²) in [6, 6.07) is 13.6. The Morgan fingerprint density at radius 2 is 1.86 bits per heavy atom. The smallest absolute Gasteiger partial charge is 0.279 e.